The van der Waals surface area contributed by atoms with Crippen molar-refractivity contribution in [2.75, 3.05) is 0 Å². The molecule has 0 saturated heterocycles. The molecule has 1 aromatic heterocycles. The largest absolute Gasteiger partial charge is 0.324 e. The average molecular weight is 433 g/mol. The van der Waals surface area contributed by atoms with E-state index in [1.807, 2.05) is 0 Å². The number of nitrogens with zero attached hydrogens (tertiary/aromatic N) is 2. The quantitative estimate of drug-likeness (QED) is 0.206. The molecule has 0 amide bonds. The Morgan fingerprint density at radius 2 is 1.16 bits per heavy atom. The summed E-state index contributed by atoms with van der Waals surface area (Å²) in [6, 6.07) is 17.3. The lowest BCUT2D eigenvalue weighted by Gasteiger charge is -2.10. The Kier molecular flexibility index (Phi) is 10.8. The minimum absolute atomic E-state index is 1.06. The normalized spacial score (nSPS) is 11.4. The van der Waals surface area contributed by atoms with E-state index in [0.29, 0.717) is 0 Å². The predicted octanol–water partition coefficient (Wildman–Crippen LogP) is 9.49. The molecule has 0 fully saturated rings. The predicted molar refractivity (Wildman–Crippen MR) is 140 cm³/mol. The summed E-state index contributed by atoms with van der Waals surface area (Å²) in [4.78, 5) is 4.96. The number of benzene rings is 2. The van der Waals surface area contributed by atoms with Crippen molar-refractivity contribution in [2.45, 2.75) is 110 Å². The van der Waals surface area contributed by atoms with Crippen LogP contribution >= 0.6 is 0 Å². The van der Waals surface area contributed by atoms with Gasteiger partial charge in [0.05, 0.1) is 11.0 Å². The molecule has 2 aromatic carbocycles. The summed E-state index contributed by atoms with van der Waals surface area (Å²) >= 11 is 0. The second-order valence-corrected chi connectivity index (χ2v) is 9.54. The highest BCUT2D eigenvalue weighted by Gasteiger charge is 2.11. The molecule has 0 spiro atoms. The van der Waals surface area contributed by atoms with E-state index in [1.165, 1.54) is 107 Å². The van der Waals surface area contributed by atoms with Crippen molar-refractivity contribution in [3.05, 3.63) is 54.1 Å². The first-order valence-electron chi connectivity index (χ1n) is 13.3. The summed E-state index contributed by atoms with van der Waals surface area (Å²) in [5.41, 5.74) is 4.88. The van der Waals surface area contributed by atoms with E-state index in [4.69, 9.17) is 4.98 Å². The van der Waals surface area contributed by atoms with E-state index < -0.39 is 0 Å². The molecule has 32 heavy (non-hydrogen) atoms. The van der Waals surface area contributed by atoms with Gasteiger partial charge in [-0.3, -0.25) is 0 Å². The van der Waals surface area contributed by atoms with Gasteiger partial charge in [-0.1, -0.05) is 132 Å². The van der Waals surface area contributed by atoms with Crippen LogP contribution in [0.5, 0.6) is 0 Å². The van der Waals surface area contributed by atoms with E-state index in [1.54, 1.807) is 0 Å². The van der Waals surface area contributed by atoms with Gasteiger partial charge in [-0.05, 0) is 25.5 Å². The summed E-state index contributed by atoms with van der Waals surface area (Å²) in [6.07, 6.45) is 19.6. The number of para-hydroxylation sites is 2. The highest BCUT2D eigenvalue weighted by molar-refractivity contribution is 5.80. The maximum absolute atomic E-state index is 4.96. The molecule has 1 heterocycles. The first-order valence-corrected chi connectivity index (χ1v) is 13.3. The fourth-order valence-corrected chi connectivity index (χ4v) is 4.69. The van der Waals surface area contributed by atoms with E-state index in [0.717, 1.165) is 17.9 Å². The molecule has 0 unspecified atom stereocenters. The Bertz CT molecular complexity index is 891. The molecule has 174 valence electrons. The van der Waals surface area contributed by atoms with E-state index in [2.05, 4.69) is 66.9 Å². The third-order valence-corrected chi connectivity index (χ3v) is 6.70. The van der Waals surface area contributed by atoms with Gasteiger partial charge in [-0.15, -0.1) is 0 Å². The molecule has 3 rings (SSSR count). The molecular formula is C30H44N2. The molecule has 0 aliphatic heterocycles. The zero-order valence-corrected chi connectivity index (χ0v) is 20.6. The lowest BCUT2D eigenvalue weighted by Crippen LogP contribution is -2.01. The van der Waals surface area contributed by atoms with E-state index in [-0.39, 0.29) is 0 Å². The summed E-state index contributed by atoms with van der Waals surface area (Å²) in [5.74, 6) is 1.11. The topological polar surface area (TPSA) is 17.8 Å². The zero-order chi connectivity index (χ0) is 22.4. The highest BCUT2D eigenvalue weighted by atomic mass is 15.1. The second kappa shape index (κ2) is 14.1. The Balaban J connectivity index is 1.35. The fourth-order valence-electron chi connectivity index (χ4n) is 4.69. The molecule has 0 aliphatic carbocycles. The van der Waals surface area contributed by atoms with Gasteiger partial charge in [0.25, 0.3) is 0 Å². The van der Waals surface area contributed by atoms with Crippen LogP contribution in [0.4, 0.5) is 0 Å². The van der Waals surface area contributed by atoms with Gasteiger partial charge >= 0.3 is 0 Å². The molecule has 0 aliphatic rings. The number of aryl methyl sites for hydroxylation is 2. The number of hydrogen-bond donors (Lipinski definition) is 0. The number of fused-ring (bicyclic) bond motifs is 1. The van der Waals surface area contributed by atoms with Crippen molar-refractivity contribution in [1.29, 1.82) is 0 Å². The molecule has 0 bridgehead atoms. The SMILES string of the molecule is CCCCCCCCCCCCCCCCn1c(-c2ccc(C)cc2)nc2ccccc21. The van der Waals surface area contributed by atoms with E-state index in [9.17, 15) is 0 Å². The van der Waals surface area contributed by atoms with Crippen molar-refractivity contribution in [2.24, 2.45) is 0 Å². The molecule has 0 radical (unpaired) electrons. The summed E-state index contributed by atoms with van der Waals surface area (Å²) in [7, 11) is 0. The standard InChI is InChI=1S/C30H44N2/c1-3-4-5-6-7-8-9-10-11-12-13-14-15-18-25-32-29-20-17-16-19-28(29)31-30(32)27-23-21-26(2)22-24-27/h16-17,19-24H,3-15,18,25H2,1-2H3. The van der Waals surface area contributed by atoms with Crippen LogP contribution in [0.1, 0.15) is 102 Å². The van der Waals surface area contributed by atoms with Crippen LogP contribution in [-0.4, -0.2) is 9.55 Å². The van der Waals surface area contributed by atoms with Crippen molar-refractivity contribution in [3.8, 4) is 11.4 Å². The van der Waals surface area contributed by atoms with Crippen LogP contribution in [0.3, 0.4) is 0 Å². The van der Waals surface area contributed by atoms with E-state index >= 15 is 0 Å². The van der Waals surface area contributed by atoms with Crippen LogP contribution < -0.4 is 0 Å². The van der Waals surface area contributed by atoms with Gasteiger partial charge in [-0.2, -0.15) is 0 Å². The third-order valence-electron chi connectivity index (χ3n) is 6.70. The number of hydrogen-bond acceptors (Lipinski definition) is 1. The minimum Gasteiger partial charge on any atom is -0.324 e. The minimum atomic E-state index is 1.06. The number of rotatable bonds is 16. The van der Waals surface area contributed by atoms with Gasteiger partial charge in [0.2, 0.25) is 0 Å². The number of aromatic nitrogens is 2. The van der Waals surface area contributed by atoms with Crippen LogP contribution in [0.2, 0.25) is 0 Å². The van der Waals surface area contributed by atoms with Crippen LogP contribution in [0.15, 0.2) is 48.5 Å². The Hall–Kier alpha value is -2.09. The molecule has 2 heteroatoms. The van der Waals surface area contributed by atoms with Gasteiger partial charge in [0.1, 0.15) is 5.82 Å². The highest BCUT2D eigenvalue weighted by Crippen LogP contribution is 2.26. The van der Waals surface area contributed by atoms with Crippen molar-refractivity contribution >= 4 is 11.0 Å². The monoisotopic (exact) mass is 432 g/mol. The van der Waals surface area contributed by atoms with Crippen LogP contribution in [-0.2, 0) is 6.54 Å². The molecule has 2 nitrogen and oxygen atoms in total. The molecule has 3 aromatic rings. The maximum atomic E-state index is 4.96. The van der Waals surface area contributed by atoms with Crippen molar-refractivity contribution < 1.29 is 0 Å². The van der Waals surface area contributed by atoms with Crippen molar-refractivity contribution in [3.63, 3.8) is 0 Å². The first kappa shape index (κ1) is 24.6. The lowest BCUT2D eigenvalue weighted by atomic mass is 10.0. The Morgan fingerprint density at radius 3 is 1.75 bits per heavy atom. The zero-order valence-electron chi connectivity index (χ0n) is 20.6. The molecule has 0 N–H and O–H groups in total. The fraction of sp³-hybridized carbons (Fsp3) is 0.567. The molecule has 0 atom stereocenters. The average Bonchev–Trinajstić information content (AvgIpc) is 3.18. The van der Waals surface area contributed by atoms with Gasteiger partial charge in [0, 0.05) is 12.1 Å². The third kappa shape index (κ3) is 7.80. The molecular weight excluding hydrogens is 388 g/mol. The Morgan fingerprint density at radius 1 is 0.625 bits per heavy atom. The number of unbranched alkanes of at least 4 members (excludes halogenated alkanes) is 13. The van der Waals surface area contributed by atoms with Crippen molar-refractivity contribution in [1.82, 2.24) is 9.55 Å². The lowest BCUT2D eigenvalue weighted by molar-refractivity contribution is 0.526. The van der Waals surface area contributed by atoms with Gasteiger partial charge in [-0.25, -0.2) is 4.98 Å². The van der Waals surface area contributed by atoms with Crippen LogP contribution in [0.25, 0.3) is 22.4 Å². The summed E-state index contributed by atoms with van der Waals surface area (Å²) < 4.78 is 2.43. The molecule has 0 saturated carbocycles. The summed E-state index contributed by atoms with van der Waals surface area (Å²) in [6.45, 7) is 5.49. The van der Waals surface area contributed by atoms with Gasteiger partial charge in [0.15, 0.2) is 0 Å². The Labute approximate surface area is 196 Å². The van der Waals surface area contributed by atoms with Crippen LogP contribution in [0, 0.1) is 6.92 Å². The first-order chi connectivity index (χ1) is 15.8. The second-order valence-electron chi connectivity index (χ2n) is 9.54. The maximum Gasteiger partial charge on any atom is 0.141 e. The van der Waals surface area contributed by atoms with Gasteiger partial charge < -0.3 is 4.57 Å². The summed E-state index contributed by atoms with van der Waals surface area (Å²) in [5, 5.41) is 0. The number of imidazole rings is 1. The smallest absolute Gasteiger partial charge is 0.141 e.